The number of carbonyl (C=O) groups is 2. The van der Waals surface area contributed by atoms with Crippen molar-refractivity contribution >= 4 is 24.2 Å². The van der Waals surface area contributed by atoms with Gasteiger partial charge < -0.3 is 24.3 Å². The number of rotatable bonds is 19. The lowest BCUT2D eigenvalue weighted by Crippen LogP contribution is -2.53. The molecule has 2 amide bonds. The molecule has 2 rings (SSSR count). The summed E-state index contributed by atoms with van der Waals surface area (Å²) in [4.78, 5) is 25.9. The molecule has 0 atom stereocenters. The van der Waals surface area contributed by atoms with Gasteiger partial charge in [0.25, 0.3) is 5.91 Å². The number of amides is 2. The fourth-order valence-electron chi connectivity index (χ4n) is 5.57. The topological polar surface area (TPSA) is 98.4 Å². The van der Waals surface area contributed by atoms with Gasteiger partial charge >= 0.3 is 0 Å². The van der Waals surface area contributed by atoms with E-state index in [-0.39, 0.29) is 42.6 Å². The minimum absolute atomic E-state index is 0. The zero-order valence-corrected chi connectivity index (χ0v) is 26.9. The van der Waals surface area contributed by atoms with Gasteiger partial charge in [0.15, 0.2) is 11.5 Å². The lowest BCUT2D eigenvalue weighted by atomic mass is 9.65. The highest BCUT2D eigenvalue weighted by Gasteiger charge is 2.43. The van der Waals surface area contributed by atoms with Crippen LogP contribution in [0.4, 0.5) is 0 Å². The Hall–Kier alpha value is -2.07. The van der Waals surface area contributed by atoms with E-state index in [4.69, 9.17) is 18.9 Å². The fraction of sp³-hybridized carbons (Fsp3) is 0.742. The van der Waals surface area contributed by atoms with Crippen LogP contribution in [-0.4, -0.2) is 77.1 Å². The normalized spacial score (nSPS) is 14.0. The van der Waals surface area contributed by atoms with Gasteiger partial charge in [-0.3, -0.25) is 15.0 Å². The van der Waals surface area contributed by atoms with Crippen LogP contribution in [0.5, 0.6) is 11.5 Å². The van der Waals surface area contributed by atoms with Gasteiger partial charge in [-0.05, 0) is 48.8 Å². The molecule has 0 unspecified atom stereocenters. The molecule has 1 fully saturated rings. The Balaban J connectivity index is 0.00000840. The number of nitrogens with one attached hydrogen (secondary N) is 2. The van der Waals surface area contributed by atoms with Gasteiger partial charge in [0.05, 0.1) is 38.9 Å². The summed E-state index contributed by atoms with van der Waals surface area (Å²) in [5.41, 5.74) is 3.59. The number of aryl methyl sites for hydroxylation is 1. The van der Waals surface area contributed by atoms with Crippen molar-refractivity contribution in [2.75, 3.05) is 60.3 Å². The van der Waals surface area contributed by atoms with Crippen molar-refractivity contribution in [2.45, 2.75) is 72.6 Å². The Morgan fingerprint density at radius 2 is 1.63 bits per heavy atom. The number of benzene rings is 1. The Bertz CT molecular complexity index is 885. The number of hydrogen-bond acceptors (Lipinski definition) is 7. The van der Waals surface area contributed by atoms with Gasteiger partial charge in [-0.15, -0.1) is 12.4 Å². The maximum atomic E-state index is 13.5. The summed E-state index contributed by atoms with van der Waals surface area (Å²) >= 11 is 0. The van der Waals surface area contributed by atoms with E-state index < -0.39 is 5.41 Å². The maximum absolute atomic E-state index is 13.5. The largest absolute Gasteiger partial charge is 0.493 e. The number of morpholine rings is 1. The lowest BCUT2D eigenvalue weighted by molar-refractivity contribution is -0.140. The molecule has 1 saturated heterocycles. The van der Waals surface area contributed by atoms with E-state index in [0.717, 1.165) is 56.4 Å². The van der Waals surface area contributed by atoms with Crippen molar-refractivity contribution in [3.05, 3.63) is 23.8 Å². The molecule has 1 aromatic carbocycles. The van der Waals surface area contributed by atoms with Crippen LogP contribution in [-0.2, 0) is 25.5 Å². The molecule has 0 aliphatic carbocycles. The summed E-state index contributed by atoms with van der Waals surface area (Å²) in [6.45, 7) is 12.2. The number of hydrazine groups is 1. The molecule has 0 radical (unpaired) electrons. The molecular formula is C31H54ClN3O6. The van der Waals surface area contributed by atoms with Crippen LogP contribution in [0.15, 0.2) is 18.2 Å². The molecule has 2 N–H and O–H groups in total. The highest BCUT2D eigenvalue weighted by molar-refractivity contribution is 5.88. The summed E-state index contributed by atoms with van der Waals surface area (Å²) in [6.07, 6.45) is 6.80. The molecular weight excluding hydrogens is 546 g/mol. The smallest absolute Gasteiger partial charge is 0.253 e. The summed E-state index contributed by atoms with van der Waals surface area (Å²) in [5.74, 6) is 1.63. The van der Waals surface area contributed by atoms with Gasteiger partial charge in [0, 0.05) is 33.2 Å². The molecule has 10 heteroatoms. The second-order valence-electron chi connectivity index (χ2n) is 11.3. The third kappa shape index (κ3) is 12.0. The molecule has 41 heavy (non-hydrogen) atoms. The Labute approximate surface area is 253 Å². The van der Waals surface area contributed by atoms with Crippen LogP contribution in [0.3, 0.4) is 0 Å². The maximum Gasteiger partial charge on any atom is 0.253 e. The average Bonchev–Trinajstić information content (AvgIpc) is 2.94. The Morgan fingerprint density at radius 1 is 0.951 bits per heavy atom. The zero-order chi connectivity index (χ0) is 29.4. The molecule has 0 aromatic heterocycles. The second kappa shape index (κ2) is 19.9. The van der Waals surface area contributed by atoms with Gasteiger partial charge in [-0.25, -0.2) is 5.01 Å². The summed E-state index contributed by atoms with van der Waals surface area (Å²) < 4.78 is 21.8. The van der Waals surface area contributed by atoms with Crippen molar-refractivity contribution < 1.29 is 28.5 Å². The molecule has 0 saturated carbocycles. The molecule has 0 bridgehead atoms. The van der Waals surface area contributed by atoms with E-state index in [2.05, 4.69) is 50.6 Å². The molecule has 9 nitrogen and oxygen atoms in total. The van der Waals surface area contributed by atoms with Crippen LogP contribution in [0.25, 0.3) is 0 Å². The highest BCUT2D eigenvalue weighted by atomic mass is 35.5. The van der Waals surface area contributed by atoms with E-state index >= 15 is 0 Å². The average molecular weight is 600 g/mol. The van der Waals surface area contributed by atoms with Gasteiger partial charge in [0.1, 0.15) is 0 Å². The van der Waals surface area contributed by atoms with E-state index in [0.29, 0.717) is 39.5 Å². The predicted molar refractivity (Wildman–Crippen MR) is 165 cm³/mol. The Morgan fingerprint density at radius 3 is 2.27 bits per heavy atom. The highest BCUT2D eigenvalue weighted by Crippen LogP contribution is 2.41. The van der Waals surface area contributed by atoms with Gasteiger partial charge in [-0.2, -0.15) is 0 Å². The summed E-state index contributed by atoms with van der Waals surface area (Å²) in [7, 11) is 3.35. The van der Waals surface area contributed by atoms with Gasteiger partial charge in [-0.1, -0.05) is 53.0 Å². The van der Waals surface area contributed by atoms with Crippen molar-refractivity contribution in [2.24, 2.45) is 17.3 Å². The third-order valence-electron chi connectivity index (χ3n) is 7.97. The Kier molecular flexibility index (Phi) is 18.0. The summed E-state index contributed by atoms with van der Waals surface area (Å²) in [6, 6.07) is 6.15. The number of halogens is 1. The van der Waals surface area contributed by atoms with Crippen LogP contribution >= 0.6 is 12.4 Å². The molecule has 1 aromatic rings. The molecule has 236 valence electrons. The first kappa shape index (κ1) is 37.0. The first-order valence-electron chi connectivity index (χ1n) is 14.9. The molecule has 0 spiro atoms. The number of hydrogen-bond donors (Lipinski definition) is 2. The van der Waals surface area contributed by atoms with Crippen molar-refractivity contribution in [1.82, 2.24) is 15.8 Å². The molecule has 1 aliphatic rings. The minimum Gasteiger partial charge on any atom is -0.493 e. The number of carbonyl (C=O) groups excluding carboxylic acids is 2. The molecule has 1 heterocycles. The van der Waals surface area contributed by atoms with E-state index in [9.17, 15) is 9.59 Å². The second-order valence-corrected chi connectivity index (χ2v) is 11.3. The van der Waals surface area contributed by atoms with Crippen LogP contribution in [0.2, 0.25) is 0 Å². The van der Waals surface area contributed by atoms with E-state index in [1.165, 1.54) is 5.56 Å². The van der Waals surface area contributed by atoms with E-state index in [1.54, 1.807) is 14.2 Å². The minimum atomic E-state index is -0.510. The third-order valence-corrected chi connectivity index (χ3v) is 7.97. The number of ether oxygens (including phenoxy) is 4. The van der Waals surface area contributed by atoms with Crippen LogP contribution in [0, 0.1) is 17.3 Å². The van der Waals surface area contributed by atoms with Crippen LogP contribution in [0.1, 0.15) is 71.8 Å². The van der Waals surface area contributed by atoms with E-state index in [1.807, 2.05) is 11.1 Å². The monoisotopic (exact) mass is 599 g/mol. The standard InChI is InChI=1S/C31H53N3O6.ClH/c1-24(2)31(25(3)4,30(36)32-23-29(35)33-34-16-20-39-21-17-34)15-10-8-7-9-12-26-13-14-27(38-6)28(22-26)40-19-11-18-37-5;/h13-14,22,24-25H,7-12,15-21,23H2,1-6H3,(H,32,36)(H,33,35);1H. The van der Waals surface area contributed by atoms with Crippen molar-refractivity contribution in [1.29, 1.82) is 0 Å². The quantitative estimate of drug-likeness (QED) is 0.220. The zero-order valence-electron chi connectivity index (χ0n) is 26.1. The van der Waals surface area contributed by atoms with Crippen LogP contribution < -0.4 is 20.2 Å². The molecule has 1 aliphatic heterocycles. The first-order valence-corrected chi connectivity index (χ1v) is 14.9. The number of methoxy groups -OCH3 is 2. The van der Waals surface area contributed by atoms with Gasteiger partial charge in [0.2, 0.25) is 5.91 Å². The number of nitrogens with zero attached hydrogens (tertiary/aromatic N) is 1. The predicted octanol–water partition coefficient (Wildman–Crippen LogP) is 4.80. The lowest BCUT2D eigenvalue weighted by Gasteiger charge is -2.40. The fourth-order valence-corrected chi connectivity index (χ4v) is 5.57. The summed E-state index contributed by atoms with van der Waals surface area (Å²) in [5, 5.41) is 4.79. The SMILES string of the molecule is COCCCOc1cc(CCCCCCC(C(=O)NCC(=O)NN2CCOCC2)(C(C)C)C(C)C)ccc1OC.Cl. The first-order chi connectivity index (χ1) is 19.2. The van der Waals surface area contributed by atoms with Crippen molar-refractivity contribution in [3.63, 3.8) is 0 Å². The number of unbranched alkanes of at least 4 members (excludes halogenated alkanes) is 3. The van der Waals surface area contributed by atoms with Crippen molar-refractivity contribution in [3.8, 4) is 11.5 Å².